The number of pyridine rings is 1. The van der Waals surface area contributed by atoms with Gasteiger partial charge in [-0.05, 0) is 43.0 Å². The summed E-state index contributed by atoms with van der Waals surface area (Å²) in [6.07, 6.45) is 2.69. The van der Waals surface area contributed by atoms with Crippen LogP contribution < -0.4 is 0 Å². The zero-order valence-corrected chi connectivity index (χ0v) is 13.5. The van der Waals surface area contributed by atoms with E-state index in [-0.39, 0.29) is 0 Å². The molecule has 0 spiro atoms. The molecule has 0 radical (unpaired) electrons. The molecule has 0 amide bonds. The lowest BCUT2D eigenvalue weighted by Crippen LogP contribution is -2.21. The van der Waals surface area contributed by atoms with Crippen molar-refractivity contribution < 1.29 is 5.11 Å². The highest BCUT2D eigenvalue weighted by Gasteiger charge is 2.19. The summed E-state index contributed by atoms with van der Waals surface area (Å²) in [6, 6.07) is 3.79. The number of aromatic nitrogens is 3. The van der Waals surface area contributed by atoms with Gasteiger partial charge >= 0.3 is 0 Å². The third kappa shape index (κ3) is 3.45. The second-order valence-corrected chi connectivity index (χ2v) is 5.89. The van der Waals surface area contributed by atoms with Gasteiger partial charge in [0.15, 0.2) is 0 Å². The number of aryl methyl sites for hydroxylation is 1. The quantitative estimate of drug-likeness (QED) is 0.905. The first kappa shape index (κ1) is 15.2. The van der Waals surface area contributed by atoms with E-state index >= 15 is 0 Å². The first-order chi connectivity index (χ1) is 9.49. The number of aliphatic hydroxyl groups is 1. The first-order valence-electron chi connectivity index (χ1n) is 6.45. The van der Waals surface area contributed by atoms with Gasteiger partial charge in [-0.15, -0.1) is 0 Å². The van der Waals surface area contributed by atoms with Crippen LogP contribution in [-0.2, 0) is 6.54 Å². The normalized spacial score (nSPS) is 12.9. The van der Waals surface area contributed by atoms with Crippen LogP contribution in [0.1, 0.15) is 23.1 Å². The van der Waals surface area contributed by atoms with Crippen LogP contribution in [0.15, 0.2) is 29.0 Å². The summed E-state index contributed by atoms with van der Waals surface area (Å²) in [5.74, 6) is 0. The molecule has 0 fully saturated rings. The summed E-state index contributed by atoms with van der Waals surface area (Å²) >= 11 is 3.46. The molecule has 0 aromatic carbocycles. The van der Waals surface area contributed by atoms with Crippen LogP contribution >= 0.6 is 15.9 Å². The molecule has 2 rings (SSSR count). The van der Waals surface area contributed by atoms with Crippen molar-refractivity contribution in [3.8, 4) is 0 Å². The smallest absolute Gasteiger partial charge is 0.123 e. The number of nitrogens with zero attached hydrogens (tertiary/aromatic N) is 4. The largest absolute Gasteiger partial charge is 0.382 e. The van der Waals surface area contributed by atoms with Gasteiger partial charge in [0.2, 0.25) is 0 Å². The zero-order chi connectivity index (χ0) is 14.7. The van der Waals surface area contributed by atoms with Crippen molar-refractivity contribution in [2.75, 3.05) is 20.6 Å². The van der Waals surface area contributed by atoms with Crippen molar-refractivity contribution >= 4 is 15.9 Å². The van der Waals surface area contributed by atoms with Crippen molar-refractivity contribution in [3.05, 3.63) is 46.0 Å². The Bertz CT molecular complexity index is 565. The van der Waals surface area contributed by atoms with Crippen LogP contribution in [0.2, 0.25) is 0 Å². The molecular weight excluding hydrogens is 320 g/mol. The maximum absolute atomic E-state index is 10.6. The van der Waals surface area contributed by atoms with Crippen molar-refractivity contribution in [2.45, 2.75) is 19.6 Å². The van der Waals surface area contributed by atoms with Gasteiger partial charge in [0.1, 0.15) is 6.10 Å². The molecule has 0 aliphatic heterocycles. The summed E-state index contributed by atoms with van der Waals surface area (Å²) in [5.41, 5.74) is 2.46. The van der Waals surface area contributed by atoms with E-state index in [0.717, 1.165) is 34.5 Å². The Morgan fingerprint density at radius 1 is 1.35 bits per heavy atom. The SMILES string of the molecule is Cc1ccc(C(O)c2c(Br)cnn2CCN(C)C)cn1. The molecule has 6 heteroatoms. The number of aliphatic hydroxyl groups excluding tert-OH is 1. The molecular formula is C14H19BrN4O. The number of hydrogen-bond donors (Lipinski definition) is 1. The Morgan fingerprint density at radius 2 is 2.10 bits per heavy atom. The molecule has 0 saturated heterocycles. The second-order valence-electron chi connectivity index (χ2n) is 5.04. The monoisotopic (exact) mass is 338 g/mol. The lowest BCUT2D eigenvalue weighted by molar-refractivity contribution is 0.204. The Balaban J connectivity index is 2.26. The third-order valence-corrected chi connectivity index (χ3v) is 3.71. The van der Waals surface area contributed by atoms with E-state index in [0.29, 0.717) is 0 Å². The molecule has 2 aromatic heterocycles. The fourth-order valence-electron chi connectivity index (χ4n) is 1.92. The van der Waals surface area contributed by atoms with Gasteiger partial charge in [-0.2, -0.15) is 5.10 Å². The fourth-order valence-corrected chi connectivity index (χ4v) is 2.43. The molecule has 1 N–H and O–H groups in total. The summed E-state index contributed by atoms with van der Waals surface area (Å²) in [4.78, 5) is 6.31. The van der Waals surface area contributed by atoms with Gasteiger partial charge in [-0.25, -0.2) is 0 Å². The highest BCUT2D eigenvalue weighted by molar-refractivity contribution is 9.10. The average molecular weight is 339 g/mol. The standard InChI is InChI=1S/C14H19BrN4O/c1-10-4-5-11(8-16-10)14(20)13-12(15)9-17-19(13)7-6-18(2)3/h4-5,8-9,14,20H,6-7H2,1-3H3. The predicted octanol–water partition coefficient (Wildman–Crippen LogP) is 1.99. The summed E-state index contributed by atoms with van der Waals surface area (Å²) < 4.78 is 2.64. The lowest BCUT2D eigenvalue weighted by atomic mass is 10.1. The van der Waals surface area contributed by atoms with E-state index in [1.54, 1.807) is 12.4 Å². The zero-order valence-electron chi connectivity index (χ0n) is 11.9. The molecule has 0 aliphatic rings. The molecule has 1 unspecified atom stereocenters. The van der Waals surface area contributed by atoms with Gasteiger partial charge in [-0.1, -0.05) is 6.07 Å². The first-order valence-corrected chi connectivity index (χ1v) is 7.25. The van der Waals surface area contributed by atoms with Gasteiger partial charge < -0.3 is 10.0 Å². The van der Waals surface area contributed by atoms with E-state index in [1.165, 1.54) is 0 Å². The molecule has 108 valence electrons. The minimum absolute atomic E-state index is 0.726. The summed E-state index contributed by atoms with van der Waals surface area (Å²) in [6.45, 7) is 3.51. The summed E-state index contributed by atoms with van der Waals surface area (Å²) in [5, 5.41) is 14.9. The van der Waals surface area contributed by atoms with E-state index in [9.17, 15) is 5.11 Å². The Labute approximate surface area is 127 Å². The van der Waals surface area contributed by atoms with Crippen molar-refractivity contribution in [1.29, 1.82) is 0 Å². The Morgan fingerprint density at radius 3 is 2.70 bits per heavy atom. The van der Waals surface area contributed by atoms with Crippen LogP contribution in [0.3, 0.4) is 0 Å². The molecule has 2 aromatic rings. The lowest BCUT2D eigenvalue weighted by Gasteiger charge is -2.16. The second kappa shape index (κ2) is 6.47. The Hall–Kier alpha value is -1.24. The van der Waals surface area contributed by atoms with Gasteiger partial charge in [0.25, 0.3) is 0 Å². The maximum atomic E-state index is 10.6. The van der Waals surface area contributed by atoms with Crippen molar-refractivity contribution in [2.24, 2.45) is 0 Å². The van der Waals surface area contributed by atoms with Crippen LogP contribution in [-0.4, -0.2) is 45.4 Å². The van der Waals surface area contributed by atoms with E-state index in [2.05, 4.69) is 30.9 Å². The van der Waals surface area contributed by atoms with Gasteiger partial charge in [0.05, 0.1) is 22.9 Å². The molecule has 0 bridgehead atoms. The molecule has 20 heavy (non-hydrogen) atoms. The minimum atomic E-state index is -0.734. The number of halogens is 1. The molecule has 1 atom stereocenters. The molecule has 0 aliphatic carbocycles. The topological polar surface area (TPSA) is 54.2 Å². The van der Waals surface area contributed by atoms with Gasteiger partial charge in [0, 0.05) is 24.0 Å². The maximum Gasteiger partial charge on any atom is 0.123 e. The highest BCUT2D eigenvalue weighted by Crippen LogP contribution is 2.28. The average Bonchev–Trinajstić information content (AvgIpc) is 2.77. The Kier molecular flexibility index (Phi) is 4.91. The van der Waals surface area contributed by atoms with Crippen LogP contribution in [0.25, 0.3) is 0 Å². The van der Waals surface area contributed by atoms with Crippen LogP contribution in [0.4, 0.5) is 0 Å². The van der Waals surface area contributed by atoms with Gasteiger partial charge in [-0.3, -0.25) is 9.67 Å². The number of hydrogen-bond acceptors (Lipinski definition) is 4. The molecule has 5 nitrogen and oxygen atoms in total. The summed E-state index contributed by atoms with van der Waals surface area (Å²) in [7, 11) is 4.02. The van der Waals surface area contributed by atoms with Crippen LogP contribution in [0.5, 0.6) is 0 Å². The highest BCUT2D eigenvalue weighted by atomic mass is 79.9. The number of likely N-dealkylation sites (N-methyl/N-ethyl adjacent to an activating group) is 1. The fraction of sp³-hybridized carbons (Fsp3) is 0.429. The third-order valence-electron chi connectivity index (χ3n) is 3.10. The molecule has 0 saturated carbocycles. The molecule has 2 heterocycles. The van der Waals surface area contributed by atoms with Crippen molar-refractivity contribution in [1.82, 2.24) is 19.7 Å². The predicted molar refractivity (Wildman–Crippen MR) is 81.5 cm³/mol. The van der Waals surface area contributed by atoms with Crippen molar-refractivity contribution in [3.63, 3.8) is 0 Å². The van der Waals surface area contributed by atoms with Crippen LogP contribution in [0, 0.1) is 6.92 Å². The number of rotatable bonds is 5. The van der Waals surface area contributed by atoms with E-state index < -0.39 is 6.10 Å². The van der Waals surface area contributed by atoms with E-state index in [4.69, 9.17) is 0 Å². The minimum Gasteiger partial charge on any atom is -0.382 e. The van der Waals surface area contributed by atoms with E-state index in [1.807, 2.05) is 37.8 Å².